The number of aliphatic hydroxyl groups is 1. The molecule has 0 amide bonds. The number of rotatable bonds is 2. The molecule has 3 N–H and O–H groups in total. The second kappa shape index (κ2) is 5.46. The van der Waals surface area contributed by atoms with Crippen molar-refractivity contribution in [3.63, 3.8) is 0 Å². The number of carboxylic acid groups (broad SMARTS) is 1. The Kier molecular flexibility index (Phi) is 5.17. The molecule has 0 aliphatic carbocycles. The van der Waals surface area contributed by atoms with Gasteiger partial charge in [0.2, 0.25) is 0 Å². The van der Waals surface area contributed by atoms with Crippen molar-refractivity contribution < 1.29 is 28.2 Å². The number of alkyl halides is 3. The molecule has 0 aromatic rings. The first-order chi connectivity index (χ1) is 7.10. The number of β-amino-alcohol motifs (C(OH)–C–C–N with tert-alkyl or cyclic N) is 1. The van der Waals surface area contributed by atoms with Crippen molar-refractivity contribution in [2.75, 3.05) is 33.7 Å². The molecule has 1 fully saturated rings. The Balaban J connectivity index is 0.000000293. The van der Waals surface area contributed by atoms with E-state index < -0.39 is 17.7 Å². The van der Waals surface area contributed by atoms with Crippen LogP contribution in [0, 0.1) is 0 Å². The zero-order chi connectivity index (χ0) is 13.0. The Morgan fingerprint density at radius 1 is 1.50 bits per heavy atom. The van der Waals surface area contributed by atoms with Crippen LogP contribution in [0.1, 0.15) is 0 Å². The van der Waals surface area contributed by atoms with Gasteiger partial charge in [-0.1, -0.05) is 0 Å². The summed E-state index contributed by atoms with van der Waals surface area (Å²) in [5.41, 5.74) is -0.441. The van der Waals surface area contributed by atoms with E-state index >= 15 is 0 Å². The predicted molar refractivity (Wildman–Crippen MR) is 50.1 cm³/mol. The smallest absolute Gasteiger partial charge is 0.475 e. The van der Waals surface area contributed by atoms with E-state index in [1.165, 1.54) is 0 Å². The summed E-state index contributed by atoms with van der Waals surface area (Å²) < 4.78 is 31.7. The SMILES string of the molecule is CNCC1(O)CN(C)C1.O=C(O)C(F)(F)F. The van der Waals surface area contributed by atoms with Gasteiger partial charge in [0.25, 0.3) is 0 Å². The number of nitrogens with one attached hydrogen (secondary N) is 1. The van der Waals surface area contributed by atoms with Crippen LogP contribution >= 0.6 is 0 Å². The van der Waals surface area contributed by atoms with Crippen LogP contribution in [-0.2, 0) is 4.79 Å². The molecule has 0 saturated carbocycles. The van der Waals surface area contributed by atoms with Crippen LogP contribution in [0.15, 0.2) is 0 Å². The number of carboxylic acids is 1. The van der Waals surface area contributed by atoms with E-state index in [-0.39, 0.29) is 0 Å². The van der Waals surface area contributed by atoms with Gasteiger partial charge in [-0.3, -0.25) is 0 Å². The molecular formula is C8H15F3N2O3. The van der Waals surface area contributed by atoms with Gasteiger partial charge in [0, 0.05) is 19.6 Å². The summed E-state index contributed by atoms with van der Waals surface area (Å²) in [7, 11) is 3.86. The maximum atomic E-state index is 10.6. The number of likely N-dealkylation sites (tertiary alicyclic amines) is 1. The molecule has 1 aliphatic heterocycles. The summed E-state index contributed by atoms with van der Waals surface area (Å²) in [6, 6.07) is 0. The Morgan fingerprint density at radius 3 is 2.06 bits per heavy atom. The van der Waals surface area contributed by atoms with Crippen molar-refractivity contribution in [2.24, 2.45) is 0 Å². The number of hydrogen-bond acceptors (Lipinski definition) is 4. The highest BCUT2D eigenvalue weighted by Gasteiger charge is 2.38. The third-order valence-electron chi connectivity index (χ3n) is 1.88. The Hall–Kier alpha value is -0.860. The monoisotopic (exact) mass is 244 g/mol. The van der Waals surface area contributed by atoms with Crippen molar-refractivity contribution in [2.45, 2.75) is 11.8 Å². The fourth-order valence-corrected chi connectivity index (χ4v) is 1.40. The summed E-state index contributed by atoms with van der Waals surface area (Å²) in [5.74, 6) is -2.76. The Labute approximate surface area is 90.9 Å². The number of halogens is 3. The Bertz CT molecular complexity index is 234. The van der Waals surface area contributed by atoms with Crippen molar-refractivity contribution in [1.29, 1.82) is 0 Å². The molecule has 1 aliphatic rings. The fourth-order valence-electron chi connectivity index (χ4n) is 1.40. The van der Waals surface area contributed by atoms with Crippen LogP contribution < -0.4 is 5.32 Å². The number of hydrogen-bond donors (Lipinski definition) is 3. The molecule has 1 heterocycles. The molecule has 0 bridgehead atoms. The van der Waals surface area contributed by atoms with Gasteiger partial charge in [-0.15, -0.1) is 0 Å². The van der Waals surface area contributed by atoms with Crippen molar-refractivity contribution in [1.82, 2.24) is 10.2 Å². The third-order valence-corrected chi connectivity index (χ3v) is 1.88. The highest BCUT2D eigenvalue weighted by Crippen LogP contribution is 2.16. The minimum absolute atomic E-state index is 0.441. The summed E-state index contributed by atoms with van der Waals surface area (Å²) in [4.78, 5) is 11.0. The van der Waals surface area contributed by atoms with Gasteiger partial charge in [-0.25, -0.2) is 4.79 Å². The molecule has 1 rings (SSSR count). The number of likely N-dealkylation sites (N-methyl/N-ethyl adjacent to an activating group) is 2. The van der Waals surface area contributed by atoms with Gasteiger partial charge in [0.05, 0.1) is 0 Å². The van der Waals surface area contributed by atoms with E-state index in [1.54, 1.807) is 0 Å². The van der Waals surface area contributed by atoms with Gasteiger partial charge in [0.15, 0.2) is 0 Å². The lowest BCUT2D eigenvalue weighted by atomic mass is 9.95. The molecule has 16 heavy (non-hydrogen) atoms. The molecule has 0 aromatic heterocycles. The Morgan fingerprint density at radius 2 is 1.88 bits per heavy atom. The van der Waals surface area contributed by atoms with Gasteiger partial charge < -0.3 is 20.4 Å². The van der Waals surface area contributed by atoms with Crippen molar-refractivity contribution >= 4 is 5.97 Å². The minimum atomic E-state index is -5.08. The molecule has 0 unspecified atom stereocenters. The highest BCUT2D eigenvalue weighted by molar-refractivity contribution is 5.73. The first-order valence-electron chi connectivity index (χ1n) is 4.46. The number of aliphatic carboxylic acids is 1. The second-order valence-corrected chi connectivity index (χ2v) is 3.73. The van der Waals surface area contributed by atoms with Crippen LogP contribution in [0.4, 0.5) is 13.2 Å². The lowest BCUT2D eigenvalue weighted by Crippen LogP contribution is -2.64. The average molecular weight is 244 g/mol. The summed E-state index contributed by atoms with van der Waals surface area (Å²) in [6.45, 7) is 2.30. The maximum absolute atomic E-state index is 10.6. The van der Waals surface area contributed by atoms with E-state index in [1.807, 2.05) is 14.1 Å². The molecule has 0 radical (unpaired) electrons. The minimum Gasteiger partial charge on any atom is -0.475 e. The van der Waals surface area contributed by atoms with Crippen LogP contribution in [0.25, 0.3) is 0 Å². The van der Waals surface area contributed by atoms with Crippen molar-refractivity contribution in [3.8, 4) is 0 Å². The normalized spacial score (nSPS) is 19.4. The zero-order valence-electron chi connectivity index (χ0n) is 9.01. The second-order valence-electron chi connectivity index (χ2n) is 3.73. The van der Waals surface area contributed by atoms with Crippen molar-refractivity contribution in [3.05, 3.63) is 0 Å². The largest absolute Gasteiger partial charge is 0.490 e. The summed E-state index contributed by atoms with van der Waals surface area (Å²) >= 11 is 0. The van der Waals surface area contributed by atoms with E-state index in [4.69, 9.17) is 9.90 Å². The first-order valence-corrected chi connectivity index (χ1v) is 4.46. The summed E-state index contributed by atoms with van der Waals surface area (Å²) in [5, 5.41) is 19.6. The van der Waals surface area contributed by atoms with E-state index in [9.17, 15) is 18.3 Å². The predicted octanol–water partition coefficient (Wildman–Crippen LogP) is -0.484. The van der Waals surface area contributed by atoms with Crippen LogP contribution in [0.5, 0.6) is 0 Å². The maximum Gasteiger partial charge on any atom is 0.490 e. The van der Waals surface area contributed by atoms with Crippen LogP contribution in [0.3, 0.4) is 0 Å². The van der Waals surface area contributed by atoms with E-state index in [2.05, 4.69) is 10.2 Å². The van der Waals surface area contributed by atoms with Gasteiger partial charge in [-0.05, 0) is 14.1 Å². The lowest BCUT2D eigenvalue weighted by molar-refractivity contribution is -0.192. The number of nitrogens with zero attached hydrogens (tertiary/aromatic N) is 1. The van der Waals surface area contributed by atoms with Crippen LogP contribution in [-0.4, -0.2) is 66.6 Å². The third kappa shape index (κ3) is 5.29. The van der Waals surface area contributed by atoms with Gasteiger partial charge in [-0.2, -0.15) is 13.2 Å². The molecular weight excluding hydrogens is 229 g/mol. The molecule has 96 valence electrons. The first kappa shape index (κ1) is 15.1. The topological polar surface area (TPSA) is 72.8 Å². The van der Waals surface area contributed by atoms with E-state index in [0.717, 1.165) is 13.1 Å². The molecule has 0 atom stereocenters. The molecule has 0 aromatic carbocycles. The fraction of sp³-hybridized carbons (Fsp3) is 0.875. The summed E-state index contributed by atoms with van der Waals surface area (Å²) in [6.07, 6.45) is -5.08. The zero-order valence-corrected chi connectivity index (χ0v) is 9.01. The quantitative estimate of drug-likeness (QED) is 0.611. The lowest BCUT2D eigenvalue weighted by Gasteiger charge is -2.44. The molecule has 0 spiro atoms. The van der Waals surface area contributed by atoms with E-state index in [0.29, 0.717) is 6.54 Å². The van der Waals surface area contributed by atoms with Crippen LogP contribution in [0.2, 0.25) is 0 Å². The van der Waals surface area contributed by atoms with Gasteiger partial charge >= 0.3 is 12.1 Å². The average Bonchev–Trinajstić information content (AvgIpc) is 2.00. The molecule has 1 saturated heterocycles. The number of carbonyl (C=O) groups is 1. The highest BCUT2D eigenvalue weighted by atomic mass is 19.4. The molecule has 5 nitrogen and oxygen atoms in total. The standard InChI is InChI=1S/C6H14N2O.C2HF3O2/c1-7-3-6(9)4-8(2)5-6;3-2(4,5)1(6)7/h7,9H,3-5H2,1-2H3;(H,6,7). The molecule has 8 heteroatoms. The van der Waals surface area contributed by atoms with Gasteiger partial charge in [0.1, 0.15) is 5.60 Å².